The molecule has 14 heteroatoms. The summed E-state index contributed by atoms with van der Waals surface area (Å²) in [5, 5.41) is 20.8. The Morgan fingerprint density at radius 2 is 2.00 bits per heavy atom. The number of ether oxygens (including phenoxy) is 2. The number of aromatic nitrogens is 4. The van der Waals surface area contributed by atoms with Gasteiger partial charge in [0.05, 0.1) is 11.0 Å². The number of thiazole rings is 1. The number of Topliss-reactive ketones (excluding diaryl/α,β-unsaturated/α-hetero) is 1. The van der Waals surface area contributed by atoms with Crippen LogP contribution in [0.4, 0.5) is 5.69 Å². The van der Waals surface area contributed by atoms with E-state index in [9.17, 15) is 24.5 Å². The molecule has 1 saturated heterocycles. The van der Waals surface area contributed by atoms with Crippen LogP contribution in [0.25, 0.3) is 10.6 Å². The van der Waals surface area contributed by atoms with Gasteiger partial charge >= 0.3 is 11.7 Å². The number of nitrogens with zero attached hydrogens (tertiary/aromatic N) is 5. The molecule has 0 aliphatic carbocycles. The van der Waals surface area contributed by atoms with Crippen LogP contribution < -0.4 is 5.32 Å². The minimum absolute atomic E-state index is 0.0224. The number of esters is 1. The topological polar surface area (TPSA) is 168 Å². The van der Waals surface area contributed by atoms with E-state index in [1.165, 1.54) is 22.2 Å². The van der Waals surface area contributed by atoms with Gasteiger partial charge in [0.15, 0.2) is 11.5 Å². The average molecular weight is 599 g/mol. The van der Waals surface area contributed by atoms with Gasteiger partial charge < -0.3 is 14.8 Å². The molecule has 0 saturated carbocycles. The fraction of sp³-hybridized carbons (Fsp3) is 0.500. The first-order chi connectivity index (χ1) is 20.0. The largest absolute Gasteiger partial charge is 0.455 e. The maximum atomic E-state index is 12.7. The van der Waals surface area contributed by atoms with Crippen molar-refractivity contribution in [1.29, 1.82) is 0 Å². The highest BCUT2D eigenvalue weighted by molar-refractivity contribution is 7.13. The molecule has 1 amide bonds. The number of nitro groups is 1. The summed E-state index contributed by atoms with van der Waals surface area (Å²) in [6.45, 7) is 6.72. The van der Waals surface area contributed by atoms with Crippen molar-refractivity contribution in [1.82, 2.24) is 25.1 Å². The van der Waals surface area contributed by atoms with Gasteiger partial charge in [0.25, 0.3) is 0 Å². The summed E-state index contributed by atoms with van der Waals surface area (Å²) in [6, 6.07) is 3.58. The summed E-state index contributed by atoms with van der Waals surface area (Å²) in [7, 11) is 0. The summed E-state index contributed by atoms with van der Waals surface area (Å²) in [4.78, 5) is 57.0. The maximum absolute atomic E-state index is 12.7. The lowest BCUT2D eigenvalue weighted by molar-refractivity contribution is -0.385. The third-order valence-corrected chi connectivity index (χ3v) is 7.32. The zero-order chi connectivity index (χ0) is 30.3. The average Bonchev–Trinajstić information content (AvgIpc) is 3.63. The van der Waals surface area contributed by atoms with Crippen LogP contribution in [0, 0.1) is 10.1 Å². The normalized spacial score (nSPS) is 14.0. The van der Waals surface area contributed by atoms with E-state index >= 15 is 0 Å². The summed E-state index contributed by atoms with van der Waals surface area (Å²) in [5.74, 6) is -1.12. The van der Waals surface area contributed by atoms with E-state index < -0.39 is 22.3 Å². The van der Waals surface area contributed by atoms with Crippen LogP contribution in [0.2, 0.25) is 0 Å². The molecule has 1 aliphatic heterocycles. The van der Waals surface area contributed by atoms with Crippen molar-refractivity contribution in [3.8, 4) is 10.6 Å². The van der Waals surface area contributed by atoms with Gasteiger partial charge in [-0.2, -0.15) is 5.10 Å². The van der Waals surface area contributed by atoms with Crippen molar-refractivity contribution in [2.75, 3.05) is 19.8 Å². The zero-order valence-electron chi connectivity index (χ0n) is 23.8. The molecule has 1 aliphatic rings. The fourth-order valence-corrected chi connectivity index (χ4v) is 5.14. The highest BCUT2D eigenvalue weighted by Crippen LogP contribution is 2.27. The molecule has 4 rings (SSSR count). The molecule has 1 N–H and O–H groups in total. The van der Waals surface area contributed by atoms with Gasteiger partial charge in [-0.25, -0.2) is 9.78 Å². The van der Waals surface area contributed by atoms with Gasteiger partial charge in [-0.1, -0.05) is 0 Å². The molecule has 0 atom stereocenters. The molecule has 0 spiro atoms. The minimum atomic E-state index is -0.615. The van der Waals surface area contributed by atoms with E-state index in [4.69, 9.17) is 9.47 Å². The fourth-order valence-electron chi connectivity index (χ4n) is 4.35. The first-order valence-electron chi connectivity index (χ1n) is 13.8. The first-order valence-corrected chi connectivity index (χ1v) is 14.6. The van der Waals surface area contributed by atoms with Crippen LogP contribution in [0.5, 0.6) is 0 Å². The highest BCUT2D eigenvalue weighted by atomic mass is 32.1. The van der Waals surface area contributed by atoms with Crippen molar-refractivity contribution < 1.29 is 28.8 Å². The SMILES string of the molecule is CC(C)(C)OC(=O)c1csc(-c2ccnc(CCC(=O)NCCCC(=O)c3nn(C4CCOCC4)cc3[N+](=O)[O-])c2)n1. The Morgan fingerprint density at radius 1 is 1.24 bits per heavy atom. The van der Waals surface area contributed by atoms with E-state index in [0.717, 1.165) is 5.56 Å². The van der Waals surface area contributed by atoms with Crippen molar-refractivity contribution in [2.45, 2.75) is 70.9 Å². The number of pyridine rings is 1. The van der Waals surface area contributed by atoms with Gasteiger partial charge in [-0.15, -0.1) is 11.3 Å². The Hall–Kier alpha value is -4.04. The standard InChI is InChI=1S/C28H34N6O7S/c1-28(2,3)41-27(37)21-17-42-26(31-21)18-8-12-29-19(15-18)6-7-24(36)30-11-4-5-23(35)25-22(34(38)39)16-33(32-25)20-9-13-40-14-10-20/h8,12,15-17,20H,4-7,9-11,13-14H2,1-3H3,(H,30,36). The summed E-state index contributed by atoms with van der Waals surface area (Å²) in [6.07, 6.45) is 5.23. The Morgan fingerprint density at radius 3 is 2.71 bits per heavy atom. The molecule has 0 aromatic carbocycles. The van der Waals surface area contributed by atoms with Crippen molar-refractivity contribution in [3.63, 3.8) is 0 Å². The van der Waals surface area contributed by atoms with E-state index in [1.54, 1.807) is 38.4 Å². The Bertz CT molecular complexity index is 1440. The molecule has 1 fully saturated rings. The summed E-state index contributed by atoms with van der Waals surface area (Å²) < 4.78 is 12.2. The van der Waals surface area contributed by atoms with Crippen LogP contribution in [0.3, 0.4) is 0 Å². The molecule has 0 unspecified atom stereocenters. The quantitative estimate of drug-likeness (QED) is 0.104. The molecular weight excluding hydrogens is 564 g/mol. The van der Waals surface area contributed by atoms with Crippen molar-refractivity contribution >= 4 is 34.7 Å². The van der Waals surface area contributed by atoms with Gasteiger partial charge in [0.1, 0.15) is 16.8 Å². The number of ketones is 1. The summed E-state index contributed by atoms with van der Waals surface area (Å²) in [5.41, 5.74) is 0.650. The van der Waals surface area contributed by atoms with Gasteiger partial charge in [0.2, 0.25) is 11.6 Å². The van der Waals surface area contributed by atoms with E-state index in [2.05, 4.69) is 20.4 Å². The number of rotatable bonds is 12. The van der Waals surface area contributed by atoms with Crippen LogP contribution >= 0.6 is 11.3 Å². The summed E-state index contributed by atoms with van der Waals surface area (Å²) >= 11 is 1.32. The molecule has 224 valence electrons. The minimum Gasteiger partial charge on any atom is -0.455 e. The third-order valence-electron chi connectivity index (χ3n) is 6.43. The second-order valence-electron chi connectivity index (χ2n) is 10.9. The number of hydrogen-bond donors (Lipinski definition) is 1. The first kappa shape index (κ1) is 30.9. The number of carbonyl (C=O) groups is 3. The predicted octanol–water partition coefficient (Wildman–Crippen LogP) is 4.33. The van der Waals surface area contributed by atoms with E-state index in [0.29, 0.717) is 49.6 Å². The second kappa shape index (κ2) is 13.7. The smallest absolute Gasteiger partial charge is 0.358 e. The van der Waals surface area contributed by atoms with Crippen LogP contribution in [-0.4, -0.2) is 67.7 Å². The van der Waals surface area contributed by atoms with E-state index in [-0.39, 0.29) is 48.4 Å². The molecule has 3 aromatic rings. The molecule has 0 bridgehead atoms. The number of amides is 1. The van der Waals surface area contributed by atoms with Crippen molar-refractivity contribution in [2.24, 2.45) is 0 Å². The van der Waals surface area contributed by atoms with Gasteiger partial charge in [-0.3, -0.25) is 29.4 Å². The molecule has 42 heavy (non-hydrogen) atoms. The monoisotopic (exact) mass is 598 g/mol. The number of carbonyl (C=O) groups excluding carboxylic acids is 3. The number of nitrogens with one attached hydrogen (secondary N) is 1. The molecule has 3 aromatic heterocycles. The number of aryl methyl sites for hydroxylation is 1. The molecule has 13 nitrogen and oxygen atoms in total. The number of hydrogen-bond acceptors (Lipinski definition) is 11. The highest BCUT2D eigenvalue weighted by Gasteiger charge is 2.28. The Balaban J connectivity index is 1.23. The van der Waals surface area contributed by atoms with Gasteiger partial charge in [0, 0.05) is 55.4 Å². The van der Waals surface area contributed by atoms with Gasteiger partial charge in [-0.05, 0) is 58.6 Å². The lowest BCUT2D eigenvalue weighted by atomic mass is 10.1. The Labute approximate surface area is 246 Å². The third kappa shape index (κ3) is 8.49. The van der Waals surface area contributed by atoms with Crippen LogP contribution in [0.15, 0.2) is 29.9 Å². The van der Waals surface area contributed by atoms with E-state index in [1.807, 2.05) is 6.07 Å². The molecule has 4 heterocycles. The lowest BCUT2D eigenvalue weighted by Gasteiger charge is -2.21. The Kier molecular flexibility index (Phi) is 10.1. The predicted molar refractivity (Wildman–Crippen MR) is 153 cm³/mol. The lowest BCUT2D eigenvalue weighted by Crippen LogP contribution is -2.25. The van der Waals surface area contributed by atoms with Crippen LogP contribution in [0.1, 0.15) is 85.6 Å². The molecule has 0 radical (unpaired) electrons. The second-order valence-corrected chi connectivity index (χ2v) is 11.8. The van der Waals surface area contributed by atoms with Crippen molar-refractivity contribution in [3.05, 3.63) is 57.1 Å². The molecular formula is C28H34N6O7S. The van der Waals surface area contributed by atoms with Crippen LogP contribution in [-0.2, 0) is 20.7 Å². The maximum Gasteiger partial charge on any atom is 0.358 e. The zero-order valence-corrected chi connectivity index (χ0v) is 24.6.